The molecule has 1 aromatic rings. The van der Waals surface area contributed by atoms with Gasteiger partial charge in [0.2, 0.25) is 11.8 Å². The summed E-state index contributed by atoms with van der Waals surface area (Å²) in [6, 6.07) is 3.95. The monoisotopic (exact) mass is 325 g/mol. The van der Waals surface area contributed by atoms with Crippen LogP contribution in [0.3, 0.4) is 0 Å². The molecule has 0 aliphatic carbocycles. The number of nitrogens with zero attached hydrogens (tertiary/aromatic N) is 2. The number of carbonyl (C=O) groups excluding carboxylic acids is 2. The summed E-state index contributed by atoms with van der Waals surface area (Å²) in [5.41, 5.74) is 5.18. The summed E-state index contributed by atoms with van der Waals surface area (Å²) in [6.07, 6.45) is -0.0856. The molecular formula is C15H23N3O3S. The molecule has 0 unspecified atom stereocenters. The van der Waals surface area contributed by atoms with Gasteiger partial charge in [0, 0.05) is 24.5 Å². The summed E-state index contributed by atoms with van der Waals surface area (Å²) in [6.45, 7) is 4.41. The van der Waals surface area contributed by atoms with E-state index >= 15 is 0 Å². The summed E-state index contributed by atoms with van der Waals surface area (Å²) in [5.74, 6) is -0.354. The van der Waals surface area contributed by atoms with Gasteiger partial charge in [-0.2, -0.15) is 0 Å². The highest BCUT2D eigenvalue weighted by Crippen LogP contribution is 2.23. The lowest BCUT2D eigenvalue weighted by Gasteiger charge is -2.35. The van der Waals surface area contributed by atoms with Crippen molar-refractivity contribution in [3.05, 3.63) is 22.4 Å². The second-order valence-corrected chi connectivity index (χ2v) is 6.66. The van der Waals surface area contributed by atoms with E-state index in [0.717, 1.165) is 4.88 Å². The van der Waals surface area contributed by atoms with E-state index in [-0.39, 0.29) is 30.4 Å². The standard InChI is InChI=1S/C15H23N3O3S/c1-11(13-4-3-7-22-13)15(20)18-5-6-21-12(9-18)8-17(2)10-14(16)19/h3-4,7,11-12H,5-6,8-10H2,1-2H3,(H2,16,19)/t11-,12-/m0/s1. The Morgan fingerprint density at radius 1 is 1.59 bits per heavy atom. The molecule has 1 aromatic heterocycles. The SMILES string of the molecule is C[C@H](C(=O)N1CCO[C@@H](CN(C)CC(N)=O)C1)c1cccs1. The molecule has 2 amide bonds. The maximum absolute atomic E-state index is 12.6. The average Bonchev–Trinajstić information content (AvgIpc) is 2.99. The van der Waals surface area contributed by atoms with Crippen molar-refractivity contribution in [3.8, 4) is 0 Å². The molecule has 0 spiro atoms. The lowest BCUT2D eigenvalue weighted by Crippen LogP contribution is -2.50. The van der Waals surface area contributed by atoms with Crippen molar-refractivity contribution in [2.45, 2.75) is 18.9 Å². The third-order valence-electron chi connectivity index (χ3n) is 3.73. The van der Waals surface area contributed by atoms with Crippen LogP contribution in [0.5, 0.6) is 0 Å². The third-order valence-corrected chi connectivity index (χ3v) is 4.79. The van der Waals surface area contributed by atoms with E-state index in [1.54, 1.807) is 11.3 Å². The normalized spacial score (nSPS) is 20.1. The molecule has 22 heavy (non-hydrogen) atoms. The van der Waals surface area contributed by atoms with Gasteiger partial charge in [0.15, 0.2) is 0 Å². The highest BCUT2D eigenvalue weighted by Gasteiger charge is 2.29. The Kier molecular flexibility index (Phi) is 5.93. The number of nitrogens with two attached hydrogens (primary N) is 1. The van der Waals surface area contributed by atoms with Crippen LogP contribution in [0, 0.1) is 0 Å². The molecule has 122 valence electrons. The quantitative estimate of drug-likeness (QED) is 0.826. The number of carbonyl (C=O) groups is 2. The van der Waals surface area contributed by atoms with Gasteiger partial charge in [-0.1, -0.05) is 6.07 Å². The van der Waals surface area contributed by atoms with Crippen LogP contribution in [0.25, 0.3) is 0 Å². The second-order valence-electron chi connectivity index (χ2n) is 5.68. The predicted octanol–water partition coefficient (Wildman–Crippen LogP) is 0.496. The van der Waals surface area contributed by atoms with Crippen LogP contribution < -0.4 is 5.73 Å². The minimum Gasteiger partial charge on any atom is -0.373 e. The molecule has 2 atom stereocenters. The molecule has 2 rings (SSSR count). The topological polar surface area (TPSA) is 75.9 Å². The van der Waals surface area contributed by atoms with Crippen LogP contribution in [0.2, 0.25) is 0 Å². The first-order valence-corrected chi connectivity index (χ1v) is 8.26. The number of morpholine rings is 1. The third kappa shape index (κ3) is 4.53. The lowest BCUT2D eigenvalue weighted by atomic mass is 10.1. The summed E-state index contributed by atoms with van der Waals surface area (Å²) >= 11 is 1.60. The second kappa shape index (κ2) is 7.71. The van der Waals surface area contributed by atoms with E-state index in [1.165, 1.54) is 0 Å². The molecule has 2 heterocycles. The summed E-state index contributed by atoms with van der Waals surface area (Å²) < 4.78 is 5.70. The fraction of sp³-hybridized carbons (Fsp3) is 0.600. The van der Waals surface area contributed by atoms with Crippen LogP contribution in [-0.2, 0) is 14.3 Å². The zero-order chi connectivity index (χ0) is 16.1. The highest BCUT2D eigenvalue weighted by atomic mass is 32.1. The van der Waals surface area contributed by atoms with Crippen molar-refractivity contribution >= 4 is 23.2 Å². The molecule has 2 N–H and O–H groups in total. The molecule has 0 radical (unpaired) electrons. The number of rotatable bonds is 6. The Bertz CT molecular complexity index is 506. The van der Waals surface area contributed by atoms with Gasteiger partial charge in [-0.15, -0.1) is 11.3 Å². The zero-order valence-corrected chi connectivity index (χ0v) is 13.8. The molecular weight excluding hydrogens is 302 g/mol. The first-order valence-electron chi connectivity index (χ1n) is 7.38. The zero-order valence-electron chi connectivity index (χ0n) is 13.0. The molecule has 0 saturated carbocycles. The Hall–Kier alpha value is -1.44. The van der Waals surface area contributed by atoms with E-state index in [9.17, 15) is 9.59 Å². The van der Waals surface area contributed by atoms with Gasteiger partial charge in [-0.3, -0.25) is 14.5 Å². The highest BCUT2D eigenvalue weighted by molar-refractivity contribution is 7.10. The Morgan fingerprint density at radius 2 is 2.36 bits per heavy atom. The number of hydrogen-bond acceptors (Lipinski definition) is 5. The smallest absolute Gasteiger partial charge is 0.231 e. The minimum atomic E-state index is -0.363. The van der Waals surface area contributed by atoms with Gasteiger partial charge >= 0.3 is 0 Å². The Balaban J connectivity index is 1.89. The van der Waals surface area contributed by atoms with Crippen molar-refractivity contribution in [1.29, 1.82) is 0 Å². The van der Waals surface area contributed by atoms with Crippen molar-refractivity contribution < 1.29 is 14.3 Å². The first kappa shape index (κ1) is 16.9. The van der Waals surface area contributed by atoms with Crippen LogP contribution in [0.4, 0.5) is 0 Å². The van der Waals surface area contributed by atoms with Gasteiger partial charge in [0.1, 0.15) is 0 Å². The van der Waals surface area contributed by atoms with Gasteiger partial charge in [0.25, 0.3) is 0 Å². The number of amides is 2. The number of likely N-dealkylation sites (N-methyl/N-ethyl adjacent to an activating group) is 1. The maximum atomic E-state index is 12.6. The van der Waals surface area contributed by atoms with E-state index < -0.39 is 0 Å². The molecule has 1 fully saturated rings. The van der Waals surface area contributed by atoms with Crippen LogP contribution in [0.15, 0.2) is 17.5 Å². The molecule has 1 aliphatic rings. The van der Waals surface area contributed by atoms with Gasteiger partial charge in [-0.25, -0.2) is 0 Å². The van der Waals surface area contributed by atoms with E-state index in [0.29, 0.717) is 26.2 Å². The predicted molar refractivity (Wildman–Crippen MR) is 85.7 cm³/mol. The fourth-order valence-corrected chi connectivity index (χ4v) is 3.42. The van der Waals surface area contributed by atoms with Crippen LogP contribution in [-0.4, -0.2) is 67.6 Å². The van der Waals surface area contributed by atoms with Crippen molar-refractivity contribution in [1.82, 2.24) is 9.80 Å². The minimum absolute atomic E-state index is 0.0856. The van der Waals surface area contributed by atoms with Crippen molar-refractivity contribution in [2.75, 3.05) is 39.8 Å². The molecule has 7 heteroatoms. The molecule has 0 aromatic carbocycles. The first-order chi connectivity index (χ1) is 10.5. The average molecular weight is 325 g/mol. The van der Waals surface area contributed by atoms with Gasteiger partial charge < -0.3 is 15.4 Å². The van der Waals surface area contributed by atoms with E-state index in [1.807, 2.05) is 41.3 Å². The number of ether oxygens (including phenoxy) is 1. The summed E-state index contributed by atoms with van der Waals surface area (Å²) in [7, 11) is 1.82. The van der Waals surface area contributed by atoms with Gasteiger partial charge in [0.05, 0.1) is 25.2 Å². The lowest BCUT2D eigenvalue weighted by molar-refractivity contribution is -0.140. The summed E-state index contributed by atoms with van der Waals surface area (Å²) in [5, 5.41) is 1.99. The van der Waals surface area contributed by atoms with Crippen LogP contribution in [0.1, 0.15) is 17.7 Å². The number of thiophene rings is 1. The van der Waals surface area contributed by atoms with E-state index in [2.05, 4.69) is 0 Å². The number of primary amides is 1. The van der Waals surface area contributed by atoms with Gasteiger partial charge in [-0.05, 0) is 25.4 Å². The molecule has 6 nitrogen and oxygen atoms in total. The van der Waals surface area contributed by atoms with Crippen molar-refractivity contribution in [2.24, 2.45) is 5.73 Å². The van der Waals surface area contributed by atoms with Crippen LogP contribution >= 0.6 is 11.3 Å². The fourth-order valence-electron chi connectivity index (χ4n) is 2.64. The van der Waals surface area contributed by atoms with E-state index in [4.69, 9.17) is 10.5 Å². The molecule has 1 saturated heterocycles. The largest absolute Gasteiger partial charge is 0.373 e. The summed E-state index contributed by atoms with van der Waals surface area (Å²) in [4.78, 5) is 28.3. The number of hydrogen-bond donors (Lipinski definition) is 1. The Labute approximate surface area is 134 Å². The Morgan fingerprint density at radius 3 is 3.00 bits per heavy atom. The van der Waals surface area contributed by atoms with Crippen molar-refractivity contribution in [3.63, 3.8) is 0 Å². The maximum Gasteiger partial charge on any atom is 0.231 e. The molecule has 0 bridgehead atoms. The molecule has 1 aliphatic heterocycles.